The zero-order valence-electron chi connectivity index (χ0n) is 12.6. The minimum atomic E-state index is -0.744. The first-order valence-electron chi connectivity index (χ1n) is 6.56. The minimum absolute atomic E-state index is 0.166. The smallest absolute Gasteiger partial charge is 0.345 e. The maximum absolute atomic E-state index is 11.8. The van der Waals surface area contributed by atoms with Gasteiger partial charge in [-0.3, -0.25) is 0 Å². The molecule has 0 spiro atoms. The van der Waals surface area contributed by atoms with Crippen molar-refractivity contribution in [3.63, 3.8) is 0 Å². The molecular weight excluding hydrogens is 284 g/mol. The summed E-state index contributed by atoms with van der Waals surface area (Å²) in [6.45, 7) is 0. The average molecular weight is 300 g/mol. The van der Waals surface area contributed by atoms with Crippen LogP contribution in [0, 0.1) is 0 Å². The SMILES string of the molecule is COC(=O)C(=Cc1ccc(OC)c2ccccc12)C(=O)OC. The van der Waals surface area contributed by atoms with E-state index in [9.17, 15) is 9.59 Å². The Balaban J connectivity index is 2.65. The molecule has 2 aromatic carbocycles. The Morgan fingerprint density at radius 3 is 2.00 bits per heavy atom. The lowest BCUT2D eigenvalue weighted by Crippen LogP contribution is -2.15. The van der Waals surface area contributed by atoms with Crippen LogP contribution in [0.1, 0.15) is 5.56 Å². The van der Waals surface area contributed by atoms with Crippen LogP contribution in [-0.2, 0) is 19.1 Å². The number of hydrogen-bond donors (Lipinski definition) is 0. The second-order valence-corrected chi connectivity index (χ2v) is 4.44. The van der Waals surface area contributed by atoms with E-state index in [1.54, 1.807) is 19.2 Å². The molecule has 0 aromatic heterocycles. The lowest BCUT2D eigenvalue weighted by atomic mass is 10.0. The molecule has 0 N–H and O–H groups in total. The molecule has 0 heterocycles. The van der Waals surface area contributed by atoms with Gasteiger partial charge in [-0.05, 0) is 23.1 Å². The van der Waals surface area contributed by atoms with Crippen LogP contribution >= 0.6 is 0 Å². The van der Waals surface area contributed by atoms with Gasteiger partial charge in [-0.25, -0.2) is 9.59 Å². The van der Waals surface area contributed by atoms with Gasteiger partial charge in [-0.15, -0.1) is 0 Å². The molecule has 2 aromatic rings. The van der Waals surface area contributed by atoms with Gasteiger partial charge in [0, 0.05) is 5.39 Å². The molecule has 0 fully saturated rings. The van der Waals surface area contributed by atoms with E-state index in [2.05, 4.69) is 9.47 Å². The highest BCUT2D eigenvalue weighted by molar-refractivity contribution is 6.18. The van der Waals surface area contributed by atoms with Crippen LogP contribution in [0.2, 0.25) is 0 Å². The Morgan fingerprint density at radius 1 is 0.864 bits per heavy atom. The molecule has 0 saturated carbocycles. The van der Waals surface area contributed by atoms with Crippen molar-refractivity contribution < 1.29 is 23.8 Å². The molecular formula is C17H16O5. The monoisotopic (exact) mass is 300 g/mol. The van der Waals surface area contributed by atoms with E-state index in [0.29, 0.717) is 11.3 Å². The van der Waals surface area contributed by atoms with E-state index in [1.165, 1.54) is 20.3 Å². The van der Waals surface area contributed by atoms with E-state index in [-0.39, 0.29) is 5.57 Å². The quantitative estimate of drug-likeness (QED) is 0.376. The molecule has 0 aliphatic rings. The summed E-state index contributed by atoms with van der Waals surface area (Å²) in [7, 11) is 4.02. The second kappa shape index (κ2) is 6.76. The van der Waals surface area contributed by atoms with E-state index in [4.69, 9.17) is 4.74 Å². The Kier molecular flexibility index (Phi) is 4.78. The minimum Gasteiger partial charge on any atom is -0.496 e. The highest BCUT2D eigenvalue weighted by Gasteiger charge is 2.20. The van der Waals surface area contributed by atoms with Gasteiger partial charge >= 0.3 is 11.9 Å². The normalized spacial score (nSPS) is 9.95. The van der Waals surface area contributed by atoms with Crippen LogP contribution in [0.5, 0.6) is 5.75 Å². The number of rotatable bonds is 4. The van der Waals surface area contributed by atoms with Crippen molar-refractivity contribution in [3.05, 3.63) is 47.5 Å². The number of benzene rings is 2. The third kappa shape index (κ3) is 2.93. The fraction of sp³-hybridized carbons (Fsp3) is 0.176. The zero-order valence-corrected chi connectivity index (χ0v) is 12.6. The Hall–Kier alpha value is -2.82. The molecule has 22 heavy (non-hydrogen) atoms. The predicted molar refractivity (Wildman–Crippen MR) is 82.5 cm³/mol. The van der Waals surface area contributed by atoms with E-state index < -0.39 is 11.9 Å². The number of hydrogen-bond acceptors (Lipinski definition) is 5. The summed E-state index contributed by atoms with van der Waals surface area (Å²) in [6.07, 6.45) is 1.46. The standard InChI is InChI=1S/C17H16O5/c1-20-15-9-8-11(12-6-4-5-7-13(12)15)10-14(16(18)21-2)17(19)22-3/h4-10H,1-3H3. The molecule has 2 rings (SSSR count). The highest BCUT2D eigenvalue weighted by atomic mass is 16.5. The average Bonchev–Trinajstić information content (AvgIpc) is 2.58. The molecule has 0 aliphatic carbocycles. The molecule has 0 unspecified atom stereocenters. The van der Waals surface area contributed by atoms with E-state index >= 15 is 0 Å². The number of fused-ring (bicyclic) bond motifs is 1. The summed E-state index contributed by atoms with van der Waals surface area (Å²) in [5.74, 6) is -0.774. The first-order valence-corrected chi connectivity index (χ1v) is 6.56. The van der Waals surface area contributed by atoms with Crippen LogP contribution in [0.15, 0.2) is 42.0 Å². The third-order valence-electron chi connectivity index (χ3n) is 3.25. The molecule has 0 amide bonds. The summed E-state index contributed by atoms with van der Waals surface area (Å²) in [6, 6.07) is 11.1. The fourth-order valence-corrected chi connectivity index (χ4v) is 2.18. The zero-order chi connectivity index (χ0) is 16.1. The Labute approximate surface area is 128 Å². The van der Waals surface area contributed by atoms with Gasteiger partial charge in [0.05, 0.1) is 21.3 Å². The van der Waals surface area contributed by atoms with Gasteiger partial charge in [0.15, 0.2) is 0 Å². The summed E-state index contributed by atoms with van der Waals surface area (Å²) < 4.78 is 14.6. The van der Waals surface area contributed by atoms with Crippen molar-refractivity contribution >= 4 is 28.8 Å². The van der Waals surface area contributed by atoms with Crippen molar-refractivity contribution in [2.45, 2.75) is 0 Å². The second-order valence-electron chi connectivity index (χ2n) is 4.44. The summed E-state index contributed by atoms with van der Waals surface area (Å²) in [4.78, 5) is 23.5. The Bertz CT molecular complexity index is 728. The molecule has 0 aliphatic heterocycles. The molecule has 114 valence electrons. The van der Waals surface area contributed by atoms with Gasteiger partial charge in [0.25, 0.3) is 0 Å². The highest BCUT2D eigenvalue weighted by Crippen LogP contribution is 2.29. The van der Waals surface area contributed by atoms with Crippen molar-refractivity contribution in [3.8, 4) is 5.75 Å². The first-order chi connectivity index (χ1) is 10.6. The first kappa shape index (κ1) is 15.6. The predicted octanol–water partition coefficient (Wildman–Crippen LogP) is 2.58. The molecule has 0 saturated heterocycles. The van der Waals surface area contributed by atoms with Gasteiger partial charge in [-0.1, -0.05) is 30.3 Å². The summed E-state index contributed by atoms with van der Waals surface area (Å²) in [5, 5.41) is 1.74. The maximum atomic E-state index is 11.8. The van der Waals surface area contributed by atoms with E-state index in [1.807, 2.05) is 24.3 Å². The topological polar surface area (TPSA) is 61.8 Å². The lowest BCUT2D eigenvalue weighted by molar-refractivity contribution is -0.143. The molecule has 5 heteroatoms. The van der Waals surface area contributed by atoms with Gasteiger partial charge in [-0.2, -0.15) is 0 Å². The molecule has 5 nitrogen and oxygen atoms in total. The maximum Gasteiger partial charge on any atom is 0.345 e. The van der Waals surface area contributed by atoms with Crippen molar-refractivity contribution in [2.24, 2.45) is 0 Å². The van der Waals surface area contributed by atoms with Crippen LogP contribution in [0.3, 0.4) is 0 Å². The molecule has 0 atom stereocenters. The van der Waals surface area contributed by atoms with Gasteiger partial charge in [0.1, 0.15) is 11.3 Å². The van der Waals surface area contributed by atoms with Crippen LogP contribution in [0.25, 0.3) is 16.8 Å². The molecule has 0 radical (unpaired) electrons. The van der Waals surface area contributed by atoms with E-state index in [0.717, 1.165) is 10.8 Å². The Morgan fingerprint density at radius 2 is 1.45 bits per heavy atom. The summed E-state index contributed by atoms with van der Waals surface area (Å²) >= 11 is 0. The van der Waals surface area contributed by atoms with Crippen molar-refractivity contribution in [1.82, 2.24) is 0 Å². The fourth-order valence-electron chi connectivity index (χ4n) is 2.18. The summed E-state index contributed by atoms with van der Waals surface area (Å²) in [5.41, 5.74) is 0.530. The van der Waals surface area contributed by atoms with Gasteiger partial charge < -0.3 is 14.2 Å². The van der Waals surface area contributed by atoms with Gasteiger partial charge in [0.2, 0.25) is 0 Å². The number of ether oxygens (including phenoxy) is 3. The number of esters is 2. The third-order valence-corrected chi connectivity index (χ3v) is 3.25. The van der Waals surface area contributed by atoms with Crippen LogP contribution < -0.4 is 4.74 Å². The van der Waals surface area contributed by atoms with Crippen LogP contribution in [-0.4, -0.2) is 33.3 Å². The van der Waals surface area contributed by atoms with Crippen molar-refractivity contribution in [1.29, 1.82) is 0 Å². The van der Waals surface area contributed by atoms with Crippen molar-refractivity contribution in [2.75, 3.05) is 21.3 Å². The number of carbonyl (C=O) groups excluding carboxylic acids is 2. The lowest BCUT2D eigenvalue weighted by Gasteiger charge is -2.09. The largest absolute Gasteiger partial charge is 0.496 e. The van der Waals surface area contributed by atoms with Crippen LogP contribution in [0.4, 0.5) is 0 Å². The number of methoxy groups -OCH3 is 3. The number of carbonyl (C=O) groups is 2. The molecule has 0 bridgehead atoms.